The van der Waals surface area contributed by atoms with Crippen molar-refractivity contribution in [1.29, 1.82) is 0 Å². The molecule has 0 spiro atoms. The van der Waals surface area contributed by atoms with E-state index in [1.165, 1.54) is 24.3 Å². The molecule has 0 radical (unpaired) electrons. The predicted octanol–water partition coefficient (Wildman–Crippen LogP) is 1.22. The van der Waals surface area contributed by atoms with Crippen molar-refractivity contribution >= 4 is 5.91 Å². The molecule has 0 fully saturated rings. The van der Waals surface area contributed by atoms with E-state index in [1.807, 2.05) is 0 Å². The number of nitrogens with two attached hydrogens (primary N) is 1. The van der Waals surface area contributed by atoms with Gasteiger partial charge in [-0.05, 0) is 32.0 Å². The van der Waals surface area contributed by atoms with Gasteiger partial charge in [0.2, 0.25) is 0 Å². The van der Waals surface area contributed by atoms with E-state index < -0.39 is 11.4 Å². The van der Waals surface area contributed by atoms with Gasteiger partial charge in [0.25, 0.3) is 5.91 Å². The molecule has 88 valence electrons. The highest BCUT2D eigenvalue weighted by molar-refractivity contribution is 5.94. The Morgan fingerprint density at radius 1 is 1.56 bits per heavy atom. The quantitative estimate of drug-likeness (QED) is 0.759. The van der Waals surface area contributed by atoms with E-state index in [-0.39, 0.29) is 18.1 Å². The van der Waals surface area contributed by atoms with E-state index in [2.05, 4.69) is 10.2 Å². The van der Waals surface area contributed by atoms with Crippen LogP contribution in [0.25, 0.3) is 0 Å². The van der Waals surface area contributed by atoms with Gasteiger partial charge in [0.1, 0.15) is 5.82 Å². The highest BCUT2D eigenvalue weighted by Gasteiger charge is 2.21. The molecule has 0 aliphatic rings. The molecule has 0 bridgehead atoms. The van der Waals surface area contributed by atoms with Crippen LogP contribution in [0.1, 0.15) is 24.2 Å². The maximum Gasteiger partial charge on any atom is 0.251 e. The summed E-state index contributed by atoms with van der Waals surface area (Å²) in [4.78, 5) is 16.2. The van der Waals surface area contributed by atoms with Crippen molar-refractivity contribution in [3.8, 4) is 0 Å². The number of halogens is 1. The molecule has 1 rings (SSSR count). The van der Waals surface area contributed by atoms with Gasteiger partial charge in [0.05, 0.1) is 12.1 Å². The Morgan fingerprint density at radius 3 is 2.81 bits per heavy atom. The second-order valence-corrected chi connectivity index (χ2v) is 4.16. The lowest BCUT2D eigenvalue weighted by atomic mass is 10.1. The zero-order valence-electron chi connectivity index (χ0n) is 9.29. The summed E-state index contributed by atoms with van der Waals surface area (Å²) in [5.41, 5.74) is -0.330. The van der Waals surface area contributed by atoms with E-state index in [0.717, 1.165) is 0 Å². The lowest BCUT2D eigenvalue weighted by Gasteiger charge is -2.24. The number of hydrogen-bond acceptors (Lipinski definition) is 3. The Hall–Kier alpha value is -1.46. The normalized spacial score (nSPS) is 11.2. The highest BCUT2D eigenvalue weighted by Crippen LogP contribution is 2.07. The summed E-state index contributed by atoms with van der Waals surface area (Å²) in [7, 11) is 0. The van der Waals surface area contributed by atoms with Crippen LogP contribution in [0.4, 0.5) is 4.39 Å². The van der Waals surface area contributed by atoms with Crippen LogP contribution < -0.4 is 11.2 Å². The molecule has 0 saturated heterocycles. The molecule has 5 heteroatoms. The monoisotopic (exact) mass is 226 g/mol. The molecule has 3 N–H and O–H groups in total. The fourth-order valence-corrected chi connectivity index (χ4v) is 1.25. The van der Waals surface area contributed by atoms with Crippen molar-refractivity contribution in [2.75, 3.05) is 6.61 Å². The van der Waals surface area contributed by atoms with Crippen molar-refractivity contribution in [2.24, 2.45) is 5.90 Å². The van der Waals surface area contributed by atoms with Gasteiger partial charge in [-0.1, -0.05) is 6.07 Å². The SMILES string of the molecule is CC(C)(CON)NC(=O)c1cccc(F)c1. The molecule has 16 heavy (non-hydrogen) atoms. The maximum atomic E-state index is 12.9. The van der Waals surface area contributed by atoms with Gasteiger partial charge in [0, 0.05) is 5.56 Å². The van der Waals surface area contributed by atoms with Gasteiger partial charge in [-0.3, -0.25) is 4.79 Å². The van der Waals surface area contributed by atoms with Crippen LogP contribution in [0.2, 0.25) is 0 Å². The number of rotatable bonds is 4. The minimum atomic E-state index is -0.599. The molecule has 0 unspecified atom stereocenters. The van der Waals surface area contributed by atoms with Gasteiger partial charge in [-0.25, -0.2) is 10.3 Å². The van der Waals surface area contributed by atoms with Crippen molar-refractivity contribution in [2.45, 2.75) is 19.4 Å². The summed E-state index contributed by atoms with van der Waals surface area (Å²) in [6.07, 6.45) is 0. The number of carbonyl (C=O) groups is 1. The predicted molar refractivity (Wildman–Crippen MR) is 58.1 cm³/mol. The Balaban J connectivity index is 2.72. The van der Waals surface area contributed by atoms with Gasteiger partial charge in [0.15, 0.2) is 0 Å². The first kappa shape index (κ1) is 12.6. The average Bonchev–Trinajstić information content (AvgIpc) is 2.16. The van der Waals surface area contributed by atoms with Gasteiger partial charge >= 0.3 is 0 Å². The van der Waals surface area contributed by atoms with Gasteiger partial charge < -0.3 is 10.2 Å². The van der Waals surface area contributed by atoms with E-state index >= 15 is 0 Å². The van der Waals surface area contributed by atoms with E-state index in [4.69, 9.17) is 5.90 Å². The highest BCUT2D eigenvalue weighted by atomic mass is 19.1. The fourth-order valence-electron chi connectivity index (χ4n) is 1.25. The summed E-state index contributed by atoms with van der Waals surface area (Å²) < 4.78 is 12.9. The second kappa shape index (κ2) is 5.05. The van der Waals surface area contributed by atoms with E-state index in [1.54, 1.807) is 13.8 Å². The standard InChI is InChI=1S/C11H15FN2O2/c1-11(2,7-16-13)14-10(15)8-4-3-5-9(12)6-8/h3-6H,7,13H2,1-2H3,(H,14,15). The van der Waals surface area contributed by atoms with Crippen LogP contribution in [-0.2, 0) is 4.84 Å². The summed E-state index contributed by atoms with van der Waals surface area (Å²) >= 11 is 0. The molecule has 0 saturated carbocycles. The van der Waals surface area contributed by atoms with Crippen LogP contribution >= 0.6 is 0 Å². The smallest absolute Gasteiger partial charge is 0.251 e. The minimum absolute atomic E-state index is 0.175. The lowest BCUT2D eigenvalue weighted by molar-refractivity contribution is 0.0687. The summed E-state index contributed by atoms with van der Waals surface area (Å²) in [6, 6.07) is 5.48. The lowest BCUT2D eigenvalue weighted by Crippen LogP contribution is -2.47. The van der Waals surface area contributed by atoms with Crippen LogP contribution in [-0.4, -0.2) is 18.1 Å². The largest absolute Gasteiger partial charge is 0.345 e. The Labute approximate surface area is 93.5 Å². The summed E-state index contributed by atoms with van der Waals surface area (Å²) in [6.45, 7) is 3.70. The molecule has 1 aromatic carbocycles. The average molecular weight is 226 g/mol. The van der Waals surface area contributed by atoms with Gasteiger partial charge in [-0.15, -0.1) is 0 Å². The van der Waals surface area contributed by atoms with Crippen LogP contribution in [0.3, 0.4) is 0 Å². The maximum absolute atomic E-state index is 12.9. The molecule has 4 nitrogen and oxygen atoms in total. The molecule has 0 heterocycles. The number of hydrogen-bond donors (Lipinski definition) is 2. The van der Waals surface area contributed by atoms with Crippen molar-refractivity contribution in [3.63, 3.8) is 0 Å². The first-order chi connectivity index (χ1) is 7.44. The number of carbonyl (C=O) groups excluding carboxylic acids is 1. The summed E-state index contributed by atoms with van der Waals surface area (Å²) in [5, 5.41) is 2.69. The Kier molecular flexibility index (Phi) is 3.98. The van der Waals surface area contributed by atoms with Crippen molar-refractivity contribution < 1.29 is 14.0 Å². The molecular formula is C11H15FN2O2. The number of amides is 1. The molecule has 0 aromatic heterocycles. The Morgan fingerprint density at radius 2 is 2.25 bits per heavy atom. The molecule has 0 aliphatic carbocycles. The van der Waals surface area contributed by atoms with E-state index in [0.29, 0.717) is 0 Å². The molecule has 1 amide bonds. The zero-order valence-corrected chi connectivity index (χ0v) is 9.29. The fraction of sp³-hybridized carbons (Fsp3) is 0.364. The molecule has 0 aliphatic heterocycles. The van der Waals surface area contributed by atoms with Crippen LogP contribution in [0.5, 0.6) is 0 Å². The molecule has 0 atom stereocenters. The van der Waals surface area contributed by atoms with Crippen molar-refractivity contribution in [3.05, 3.63) is 35.6 Å². The third-order valence-corrected chi connectivity index (χ3v) is 1.98. The van der Waals surface area contributed by atoms with Crippen molar-refractivity contribution in [1.82, 2.24) is 5.32 Å². The van der Waals surface area contributed by atoms with Crippen LogP contribution in [0.15, 0.2) is 24.3 Å². The van der Waals surface area contributed by atoms with Gasteiger partial charge in [-0.2, -0.15) is 0 Å². The third kappa shape index (κ3) is 3.60. The summed E-state index contributed by atoms with van der Waals surface area (Å²) in [5.74, 6) is 4.14. The first-order valence-corrected chi connectivity index (χ1v) is 4.84. The third-order valence-electron chi connectivity index (χ3n) is 1.98. The number of nitrogens with one attached hydrogen (secondary N) is 1. The topological polar surface area (TPSA) is 64.3 Å². The molecule has 1 aromatic rings. The minimum Gasteiger partial charge on any atom is -0.345 e. The number of benzene rings is 1. The second-order valence-electron chi connectivity index (χ2n) is 4.16. The molecular weight excluding hydrogens is 211 g/mol. The zero-order chi connectivity index (χ0) is 12.2. The first-order valence-electron chi connectivity index (χ1n) is 4.84. The van der Waals surface area contributed by atoms with E-state index in [9.17, 15) is 9.18 Å². The van der Waals surface area contributed by atoms with Crippen LogP contribution in [0, 0.1) is 5.82 Å². The Bertz CT molecular complexity index is 380.